The minimum atomic E-state index is -0.963. The number of ether oxygens (including phenoxy) is 1. The van der Waals surface area contributed by atoms with Gasteiger partial charge in [0.25, 0.3) is 0 Å². The summed E-state index contributed by atoms with van der Waals surface area (Å²) in [5.41, 5.74) is 0. The van der Waals surface area contributed by atoms with Gasteiger partial charge in [-0.05, 0) is 5.92 Å². The molecule has 0 aromatic heterocycles. The molecule has 5 nitrogen and oxygen atoms in total. The van der Waals surface area contributed by atoms with Crippen LogP contribution in [0.5, 0.6) is 0 Å². The first-order valence-electron chi connectivity index (χ1n) is 5.18. The SMILES string of the molecule is CC(=O)NC1C(O)C(O)COC1C(C)C. The molecule has 0 saturated carbocycles. The minimum absolute atomic E-state index is 0.111. The zero-order valence-corrected chi connectivity index (χ0v) is 9.30. The van der Waals surface area contributed by atoms with E-state index in [9.17, 15) is 15.0 Å². The maximum absolute atomic E-state index is 11.0. The lowest BCUT2D eigenvalue weighted by Crippen LogP contribution is -2.61. The molecule has 1 heterocycles. The molecule has 4 unspecified atom stereocenters. The van der Waals surface area contributed by atoms with Crippen molar-refractivity contribution in [3.8, 4) is 0 Å². The molecule has 1 saturated heterocycles. The first-order chi connectivity index (χ1) is 6.93. The second-order valence-corrected chi connectivity index (χ2v) is 4.33. The van der Waals surface area contributed by atoms with Crippen molar-refractivity contribution in [1.29, 1.82) is 0 Å². The zero-order valence-electron chi connectivity index (χ0n) is 9.30. The van der Waals surface area contributed by atoms with Crippen LogP contribution in [0.2, 0.25) is 0 Å². The van der Waals surface area contributed by atoms with Gasteiger partial charge in [0, 0.05) is 6.92 Å². The van der Waals surface area contributed by atoms with Crippen molar-refractivity contribution in [2.75, 3.05) is 6.61 Å². The fraction of sp³-hybridized carbons (Fsp3) is 0.900. The van der Waals surface area contributed by atoms with Crippen LogP contribution in [-0.2, 0) is 9.53 Å². The van der Waals surface area contributed by atoms with Crippen LogP contribution in [0.1, 0.15) is 20.8 Å². The highest BCUT2D eigenvalue weighted by atomic mass is 16.5. The molecule has 1 amide bonds. The molecule has 0 spiro atoms. The summed E-state index contributed by atoms with van der Waals surface area (Å²) >= 11 is 0. The number of hydrogen-bond acceptors (Lipinski definition) is 4. The maximum atomic E-state index is 11.0. The van der Waals surface area contributed by atoms with Crippen LogP contribution in [0, 0.1) is 5.92 Å². The number of carbonyl (C=O) groups is 1. The van der Waals surface area contributed by atoms with E-state index in [0.29, 0.717) is 0 Å². The van der Waals surface area contributed by atoms with E-state index in [2.05, 4.69) is 5.32 Å². The van der Waals surface area contributed by atoms with Crippen molar-refractivity contribution in [3.63, 3.8) is 0 Å². The van der Waals surface area contributed by atoms with Crippen LogP contribution < -0.4 is 5.32 Å². The fourth-order valence-corrected chi connectivity index (χ4v) is 1.85. The lowest BCUT2D eigenvalue weighted by molar-refractivity contribution is -0.157. The van der Waals surface area contributed by atoms with Gasteiger partial charge in [-0.3, -0.25) is 4.79 Å². The van der Waals surface area contributed by atoms with Crippen LogP contribution >= 0.6 is 0 Å². The number of hydrogen-bond donors (Lipinski definition) is 3. The van der Waals surface area contributed by atoms with E-state index in [1.165, 1.54) is 6.92 Å². The van der Waals surface area contributed by atoms with Crippen LogP contribution in [0.3, 0.4) is 0 Å². The summed E-state index contributed by atoms with van der Waals surface area (Å²) < 4.78 is 5.41. The van der Waals surface area contributed by atoms with Crippen molar-refractivity contribution in [2.24, 2.45) is 5.92 Å². The number of aliphatic hydroxyl groups excluding tert-OH is 2. The molecule has 1 aliphatic rings. The van der Waals surface area contributed by atoms with Crippen molar-refractivity contribution >= 4 is 5.91 Å². The Morgan fingerprint density at radius 2 is 2.07 bits per heavy atom. The number of rotatable bonds is 2. The van der Waals surface area contributed by atoms with Crippen LogP contribution in [-0.4, -0.2) is 47.1 Å². The number of aliphatic hydroxyl groups is 2. The van der Waals surface area contributed by atoms with Gasteiger partial charge in [-0.25, -0.2) is 0 Å². The van der Waals surface area contributed by atoms with Crippen LogP contribution in [0.25, 0.3) is 0 Å². The highest BCUT2D eigenvalue weighted by molar-refractivity contribution is 5.73. The van der Waals surface area contributed by atoms with Gasteiger partial charge >= 0.3 is 0 Å². The second kappa shape index (κ2) is 4.92. The maximum Gasteiger partial charge on any atom is 0.217 e. The normalized spacial score (nSPS) is 36.7. The molecule has 1 aliphatic heterocycles. The van der Waals surface area contributed by atoms with Gasteiger partial charge in [-0.2, -0.15) is 0 Å². The largest absolute Gasteiger partial charge is 0.388 e. The summed E-state index contributed by atoms with van der Waals surface area (Å²) in [5.74, 6) is -0.0635. The molecular formula is C10H19NO4. The van der Waals surface area contributed by atoms with E-state index >= 15 is 0 Å². The third-order valence-electron chi connectivity index (χ3n) is 2.60. The van der Waals surface area contributed by atoms with Crippen LogP contribution in [0.4, 0.5) is 0 Å². The fourth-order valence-electron chi connectivity index (χ4n) is 1.85. The van der Waals surface area contributed by atoms with Crippen LogP contribution in [0.15, 0.2) is 0 Å². The van der Waals surface area contributed by atoms with E-state index in [1.807, 2.05) is 13.8 Å². The summed E-state index contributed by atoms with van der Waals surface area (Å²) in [4.78, 5) is 11.0. The predicted molar refractivity (Wildman–Crippen MR) is 54.2 cm³/mol. The second-order valence-electron chi connectivity index (χ2n) is 4.33. The first kappa shape index (κ1) is 12.4. The molecule has 15 heavy (non-hydrogen) atoms. The van der Waals surface area contributed by atoms with Gasteiger partial charge in [-0.15, -0.1) is 0 Å². The zero-order chi connectivity index (χ0) is 11.6. The first-order valence-corrected chi connectivity index (χ1v) is 5.18. The molecule has 0 radical (unpaired) electrons. The Balaban J connectivity index is 2.74. The lowest BCUT2D eigenvalue weighted by atomic mass is 9.90. The van der Waals surface area contributed by atoms with E-state index in [0.717, 1.165) is 0 Å². The van der Waals surface area contributed by atoms with E-state index in [4.69, 9.17) is 4.74 Å². The topological polar surface area (TPSA) is 78.8 Å². The molecule has 1 rings (SSSR count). The van der Waals surface area contributed by atoms with Crippen molar-refractivity contribution in [1.82, 2.24) is 5.32 Å². The van der Waals surface area contributed by atoms with Gasteiger partial charge in [0.1, 0.15) is 12.2 Å². The number of carbonyl (C=O) groups excluding carboxylic acids is 1. The average molecular weight is 217 g/mol. The van der Waals surface area contributed by atoms with Gasteiger partial charge in [-0.1, -0.05) is 13.8 Å². The molecule has 3 N–H and O–H groups in total. The average Bonchev–Trinajstić information content (AvgIpc) is 2.12. The monoisotopic (exact) mass is 217 g/mol. The Kier molecular flexibility index (Phi) is 4.07. The van der Waals surface area contributed by atoms with E-state index in [-0.39, 0.29) is 24.5 Å². The third-order valence-corrected chi connectivity index (χ3v) is 2.60. The molecular weight excluding hydrogens is 198 g/mol. The summed E-state index contributed by atoms with van der Waals surface area (Å²) in [6.45, 7) is 5.39. The van der Waals surface area contributed by atoms with E-state index < -0.39 is 18.2 Å². The molecule has 0 bridgehead atoms. The Morgan fingerprint density at radius 1 is 1.47 bits per heavy atom. The van der Waals surface area contributed by atoms with Gasteiger partial charge in [0.2, 0.25) is 5.91 Å². The summed E-state index contributed by atoms with van der Waals surface area (Å²) in [7, 11) is 0. The van der Waals surface area contributed by atoms with Gasteiger partial charge in [0.05, 0.1) is 18.8 Å². The highest BCUT2D eigenvalue weighted by Gasteiger charge is 2.40. The summed E-state index contributed by atoms with van der Waals surface area (Å²) in [6, 6.07) is -0.536. The smallest absolute Gasteiger partial charge is 0.217 e. The van der Waals surface area contributed by atoms with E-state index in [1.54, 1.807) is 0 Å². The summed E-state index contributed by atoms with van der Waals surface area (Å²) in [5, 5.41) is 21.8. The number of nitrogens with one attached hydrogen (secondary N) is 1. The minimum Gasteiger partial charge on any atom is -0.388 e. The molecule has 0 aromatic carbocycles. The molecule has 4 atom stereocenters. The van der Waals surface area contributed by atoms with Gasteiger partial charge in [0.15, 0.2) is 0 Å². The lowest BCUT2D eigenvalue weighted by Gasteiger charge is -2.40. The van der Waals surface area contributed by atoms with Crippen molar-refractivity contribution < 1.29 is 19.7 Å². The Bertz CT molecular complexity index is 231. The Labute approximate surface area is 89.4 Å². The number of amides is 1. The Morgan fingerprint density at radius 3 is 2.53 bits per heavy atom. The Hall–Kier alpha value is -0.650. The predicted octanol–water partition coefficient (Wildman–Crippen LogP) is -0.732. The molecule has 88 valence electrons. The molecule has 5 heteroatoms. The van der Waals surface area contributed by atoms with Gasteiger partial charge < -0.3 is 20.3 Å². The molecule has 1 fully saturated rings. The molecule has 0 aromatic rings. The van der Waals surface area contributed by atoms with Crippen molar-refractivity contribution in [2.45, 2.75) is 45.1 Å². The highest BCUT2D eigenvalue weighted by Crippen LogP contribution is 2.21. The quantitative estimate of drug-likeness (QED) is 0.569. The standard InChI is InChI=1S/C10H19NO4/c1-5(2)10-8(11-6(3)12)9(14)7(13)4-15-10/h5,7-10,13-14H,4H2,1-3H3,(H,11,12). The third kappa shape index (κ3) is 2.90. The summed E-state index contributed by atoms with van der Waals surface area (Å²) in [6.07, 6.45) is -2.15. The molecule has 0 aliphatic carbocycles. The van der Waals surface area contributed by atoms with Crippen molar-refractivity contribution in [3.05, 3.63) is 0 Å².